The van der Waals surface area contributed by atoms with Gasteiger partial charge in [0.1, 0.15) is 6.07 Å². The average molecular weight is 323 g/mol. The smallest absolute Gasteiger partial charge is 0.335 e. The predicted octanol–water partition coefficient (Wildman–Crippen LogP) is 2.28. The van der Waals surface area contributed by atoms with Crippen LogP contribution in [-0.4, -0.2) is 40.4 Å². The second kappa shape index (κ2) is 6.69. The van der Waals surface area contributed by atoms with Gasteiger partial charge in [-0.15, -0.1) is 0 Å². The molecule has 0 bridgehead atoms. The SMILES string of the molecule is N#Cc1cc(-c2cc(C(=O)O)ccn2)ccc1N1CCC(O)CC1. The Morgan fingerprint density at radius 3 is 2.67 bits per heavy atom. The standard InChI is InChI=1S/C18H17N3O3/c19-11-14-9-12(16-10-13(18(23)24)3-6-20-16)1-2-17(14)21-7-4-15(22)5-8-21/h1-3,6,9-10,15,22H,4-5,7-8H2,(H,23,24). The van der Waals surface area contributed by atoms with Gasteiger partial charge in [0, 0.05) is 24.8 Å². The molecule has 0 spiro atoms. The van der Waals surface area contributed by atoms with Crippen LogP contribution in [0.15, 0.2) is 36.5 Å². The van der Waals surface area contributed by atoms with Gasteiger partial charge >= 0.3 is 5.97 Å². The Labute approximate surface area is 139 Å². The summed E-state index contributed by atoms with van der Waals surface area (Å²) in [4.78, 5) is 17.4. The lowest BCUT2D eigenvalue weighted by Crippen LogP contribution is -2.36. The fraction of sp³-hybridized carbons (Fsp3) is 0.278. The van der Waals surface area contributed by atoms with Gasteiger partial charge in [0.25, 0.3) is 0 Å². The molecule has 0 unspecified atom stereocenters. The molecule has 0 amide bonds. The van der Waals surface area contributed by atoms with E-state index >= 15 is 0 Å². The molecule has 2 N–H and O–H groups in total. The van der Waals surface area contributed by atoms with Crippen molar-refractivity contribution >= 4 is 11.7 Å². The summed E-state index contributed by atoms with van der Waals surface area (Å²) in [6.07, 6.45) is 2.56. The zero-order chi connectivity index (χ0) is 17.1. The minimum atomic E-state index is -1.01. The van der Waals surface area contributed by atoms with Crippen LogP contribution in [0.3, 0.4) is 0 Å². The number of piperidine rings is 1. The maximum Gasteiger partial charge on any atom is 0.335 e. The molecule has 1 aliphatic rings. The molecule has 1 aliphatic heterocycles. The number of hydrogen-bond donors (Lipinski definition) is 2. The van der Waals surface area contributed by atoms with Crippen molar-refractivity contribution in [3.05, 3.63) is 47.7 Å². The van der Waals surface area contributed by atoms with Gasteiger partial charge in [-0.25, -0.2) is 4.79 Å². The van der Waals surface area contributed by atoms with Crippen LogP contribution >= 0.6 is 0 Å². The Morgan fingerprint density at radius 1 is 1.25 bits per heavy atom. The number of benzene rings is 1. The first kappa shape index (κ1) is 16.0. The number of aromatic carboxylic acids is 1. The normalized spacial score (nSPS) is 15.1. The highest BCUT2D eigenvalue weighted by Crippen LogP contribution is 2.28. The maximum atomic E-state index is 11.1. The van der Waals surface area contributed by atoms with E-state index in [0.29, 0.717) is 42.8 Å². The Kier molecular flexibility index (Phi) is 4.45. The van der Waals surface area contributed by atoms with Gasteiger partial charge in [-0.1, -0.05) is 6.07 Å². The number of anilines is 1. The molecular formula is C18H17N3O3. The summed E-state index contributed by atoms with van der Waals surface area (Å²) in [6.45, 7) is 1.42. The van der Waals surface area contributed by atoms with Crippen LogP contribution in [0.4, 0.5) is 5.69 Å². The van der Waals surface area contributed by atoms with E-state index in [1.165, 1.54) is 18.3 Å². The number of pyridine rings is 1. The Balaban J connectivity index is 1.94. The zero-order valence-electron chi connectivity index (χ0n) is 13.0. The van der Waals surface area contributed by atoms with Crippen LogP contribution in [0.5, 0.6) is 0 Å². The third kappa shape index (κ3) is 3.21. The molecular weight excluding hydrogens is 306 g/mol. The number of carboxylic acid groups (broad SMARTS) is 1. The van der Waals surface area contributed by atoms with Crippen molar-refractivity contribution < 1.29 is 15.0 Å². The third-order valence-electron chi connectivity index (χ3n) is 4.22. The molecule has 6 heteroatoms. The maximum absolute atomic E-state index is 11.1. The van der Waals surface area contributed by atoms with E-state index in [2.05, 4.69) is 16.0 Å². The second-order valence-corrected chi connectivity index (χ2v) is 5.80. The molecule has 122 valence electrons. The van der Waals surface area contributed by atoms with E-state index in [1.807, 2.05) is 12.1 Å². The van der Waals surface area contributed by atoms with Crippen LogP contribution in [0, 0.1) is 11.3 Å². The van der Waals surface area contributed by atoms with Crippen molar-refractivity contribution in [1.82, 2.24) is 4.98 Å². The molecule has 1 aromatic carbocycles. The average Bonchev–Trinajstić information content (AvgIpc) is 2.62. The number of carboxylic acids is 1. The molecule has 1 fully saturated rings. The van der Waals surface area contributed by atoms with Gasteiger partial charge in [-0.3, -0.25) is 4.98 Å². The molecule has 0 aliphatic carbocycles. The third-order valence-corrected chi connectivity index (χ3v) is 4.22. The Morgan fingerprint density at radius 2 is 2.00 bits per heavy atom. The van der Waals surface area contributed by atoms with Gasteiger partial charge in [0.2, 0.25) is 0 Å². The van der Waals surface area contributed by atoms with E-state index in [9.17, 15) is 15.2 Å². The highest BCUT2D eigenvalue weighted by atomic mass is 16.4. The summed E-state index contributed by atoms with van der Waals surface area (Å²) in [5, 5.41) is 28.2. The van der Waals surface area contributed by atoms with E-state index < -0.39 is 5.97 Å². The van der Waals surface area contributed by atoms with Crippen LogP contribution in [0.25, 0.3) is 11.3 Å². The number of nitriles is 1. The molecule has 0 radical (unpaired) electrons. The first-order chi connectivity index (χ1) is 11.6. The molecule has 6 nitrogen and oxygen atoms in total. The van der Waals surface area contributed by atoms with Gasteiger partial charge in [-0.05, 0) is 37.1 Å². The Bertz CT molecular complexity index is 805. The minimum Gasteiger partial charge on any atom is -0.478 e. The number of aromatic nitrogens is 1. The number of carbonyl (C=O) groups is 1. The highest BCUT2D eigenvalue weighted by molar-refractivity contribution is 5.89. The van der Waals surface area contributed by atoms with Crippen molar-refractivity contribution in [2.45, 2.75) is 18.9 Å². The van der Waals surface area contributed by atoms with E-state index in [0.717, 1.165) is 5.69 Å². The Hall–Kier alpha value is -2.91. The number of nitrogens with zero attached hydrogens (tertiary/aromatic N) is 3. The predicted molar refractivity (Wildman–Crippen MR) is 88.8 cm³/mol. The van der Waals surface area contributed by atoms with Crippen molar-refractivity contribution in [2.75, 3.05) is 18.0 Å². The lowest BCUT2D eigenvalue weighted by Gasteiger charge is -2.32. The van der Waals surface area contributed by atoms with Crippen molar-refractivity contribution in [3.63, 3.8) is 0 Å². The number of aliphatic hydroxyl groups is 1. The minimum absolute atomic E-state index is 0.160. The molecule has 24 heavy (non-hydrogen) atoms. The van der Waals surface area contributed by atoms with Crippen LogP contribution in [0.1, 0.15) is 28.8 Å². The van der Waals surface area contributed by atoms with Crippen molar-refractivity contribution in [2.24, 2.45) is 0 Å². The molecule has 2 aromatic rings. The largest absolute Gasteiger partial charge is 0.478 e. The lowest BCUT2D eigenvalue weighted by atomic mass is 10.0. The van der Waals surface area contributed by atoms with Crippen molar-refractivity contribution in [3.8, 4) is 17.3 Å². The summed E-state index contributed by atoms with van der Waals surface area (Å²) < 4.78 is 0. The number of rotatable bonds is 3. The van der Waals surface area contributed by atoms with Gasteiger partial charge < -0.3 is 15.1 Å². The fourth-order valence-corrected chi connectivity index (χ4v) is 2.89. The van der Waals surface area contributed by atoms with Crippen LogP contribution < -0.4 is 4.90 Å². The molecule has 0 saturated carbocycles. The van der Waals surface area contributed by atoms with Crippen LogP contribution in [-0.2, 0) is 0 Å². The van der Waals surface area contributed by atoms with E-state index in [4.69, 9.17) is 5.11 Å². The molecule has 0 atom stereocenters. The summed E-state index contributed by atoms with van der Waals surface area (Å²) >= 11 is 0. The van der Waals surface area contributed by atoms with Gasteiger partial charge in [0.05, 0.1) is 28.6 Å². The topological polar surface area (TPSA) is 97.5 Å². The summed E-state index contributed by atoms with van der Waals surface area (Å²) in [7, 11) is 0. The van der Waals surface area contributed by atoms with Gasteiger partial charge in [-0.2, -0.15) is 5.26 Å². The van der Waals surface area contributed by atoms with Gasteiger partial charge in [0.15, 0.2) is 0 Å². The summed E-state index contributed by atoms with van der Waals surface area (Å²) in [6, 6.07) is 10.6. The molecule has 1 aromatic heterocycles. The van der Waals surface area contributed by atoms with E-state index in [1.54, 1.807) is 6.07 Å². The van der Waals surface area contributed by atoms with Crippen molar-refractivity contribution in [1.29, 1.82) is 5.26 Å². The van der Waals surface area contributed by atoms with E-state index in [-0.39, 0.29) is 11.7 Å². The first-order valence-electron chi connectivity index (χ1n) is 7.75. The summed E-state index contributed by atoms with van der Waals surface area (Å²) in [5.41, 5.74) is 2.74. The monoisotopic (exact) mass is 323 g/mol. The fourth-order valence-electron chi connectivity index (χ4n) is 2.89. The van der Waals surface area contributed by atoms with Crippen LogP contribution in [0.2, 0.25) is 0 Å². The molecule has 2 heterocycles. The molecule has 1 saturated heterocycles. The number of hydrogen-bond acceptors (Lipinski definition) is 5. The zero-order valence-corrected chi connectivity index (χ0v) is 13.0. The molecule has 3 rings (SSSR count). The quantitative estimate of drug-likeness (QED) is 0.899. The summed E-state index contributed by atoms with van der Waals surface area (Å²) in [5.74, 6) is -1.01. The number of aliphatic hydroxyl groups excluding tert-OH is 1. The first-order valence-corrected chi connectivity index (χ1v) is 7.75. The second-order valence-electron chi connectivity index (χ2n) is 5.80. The highest BCUT2D eigenvalue weighted by Gasteiger charge is 2.20. The lowest BCUT2D eigenvalue weighted by molar-refractivity contribution is 0.0696.